The molecule has 3 saturated heterocycles. The van der Waals surface area contributed by atoms with E-state index < -0.39 is 23.6 Å². The molecule has 0 saturated carbocycles. The Balaban J connectivity index is 1.70. The van der Waals surface area contributed by atoms with E-state index in [0.717, 1.165) is 48.1 Å². The van der Waals surface area contributed by atoms with Gasteiger partial charge in [-0.05, 0) is 75.8 Å². The van der Waals surface area contributed by atoms with Gasteiger partial charge in [0.05, 0.1) is 37.3 Å². The Bertz CT molecular complexity index is 1160. The molecule has 0 aliphatic carbocycles. The van der Waals surface area contributed by atoms with Gasteiger partial charge in [-0.2, -0.15) is 0 Å². The minimum absolute atomic E-state index is 0.0299. The van der Waals surface area contributed by atoms with E-state index in [1.54, 1.807) is 13.3 Å². The zero-order valence-corrected chi connectivity index (χ0v) is 23.1. The number of benzene rings is 1. The van der Waals surface area contributed by atoms with E-state index in [9.17, 15) is 9.59 Å². The van der Waals surface area contributed by atoms with Crippen molar-refractivity contribution in [3.05, 3.63) is 48.7 Å². The highest BCUT2D eigenvalue weighted by Crippen LogP contribution is 2.44. The molecule has 1 aromatic carbocycles. The van der Waals surface area contributed by atoms with Crippen molar-refractivity contribution >= 4 is 22.8 Å². The van der Waals surface area contributed by atoms with Gasteiger partial charge in [-0.1, -0.05) is 13.0 Å². The standard InChI is InChI=1S/C30H40N2O6/c1-7-19-17-32-14-12-20(19)15-26(32)28(22-11-13-31-25-10-9-21(35-5)16-23(22)25)38-29(34)24(8-2)30(3,4)37-18-27(33)36-6/h7,9-11,13,16,19-20,24,26,28H,1,8,12,14-15,17-18H2,2-6H3/t19-,20-,24?,26-,28+/m0/s1. The maximum atomic E-state index is 13.9. The Labute approximate surface area is 225 Å². The number of pyridine rings is 1. The molecule has 0 radical (unpaired) electrons. The largest absolute Gasteiger partial charge is 0.497 e. The molecule has 206 valence electrons. The molecule has 2 aromatic rings. The second-order valence-electron chi connectivity index (χ2n) is 10.8. The average molecular weight is 525 g/mol. The number of ether oxygens (including phenoxy) is 4. The van der Waals surface area contributed by atoms with E-state index in [1.807, 2.05) is 45.0 Å². The van der Waals surface area contributed by atoms with Crippen molar-refractivity contribution in [3.8, 4) is 5.75 Å². The molecule has 0 spiro atoms. The minimum Gasteiger partial charge on any atom is -0.497 e. The van der Waals surface area contributed by atoms with Gasteiger partial charge in [0, 0.05) is 23.7 Å². The summed E-state index contributed by atoms with van der Waals surface area (Å²) >= 11 is 0. The Morgan fingerprint density at radius 1 is 1.26 bits per heavy atom. The Morgan fingerprint density at radius 2 is 2.05 bits per heavy atom. The van der Waals surface area contributed by atoms with Crippen molar-refractivity contribution < 1.29 is 28.5 Å². The summed E-state index contributed by atoms with van der Waals surface area (Å²) in [5, 5.41) is 0.904. The number of carbonyl (C=O) groups excluding carboxylic acids is 2. The monoisotopic (exact) mass is 524 g/mol. The highest BCUT2D eigenvalue weighted by Gasteiger charge is 2.46. The van der Waals surface area contributed by atoms with Crippen LogP contribution in [0.25, 0.3) is 10.9 Å². The summed E-state index contributed by atoms with van der Waals surface area (Å²) in [4.78, 5) is 32.6. The lowest BCUT2D eigenvalue weighted by Gasteiger charge is -2.51. The second kappa shape index (κ2) is 11.8. The summed E-state index contributed by atoms with van der Waals surface area (Å²) in [7, 11) is 2.95. The molecule has 6 atom stereocenters. The van der Waals surface area contributed by atoms with Gasteiger partial charge in [-0.25, -0.2) is 4.79 Å². The first-order valence-corrected chi connectivity index (χ1v) is 13.4. The first kappa shape index (κ1) is 28.0. The van der Waals surface area contributed by atoms with Crippen LogP contribution in [0.5, 0.6) is 5.75 Å². The highest BCUT2D eigenvalue weighted by atomic mass is 16.6. The summed E-state index contributed by atoms with van der Waals surface area (Å²) in [6.45, 7) is 11.3. The Hall–Kier alpha value is -2.97. The van der Waals surface area contributed by atoms with E-state index in [-0.39, 0.29) is 18.6 Å². The van der Waals surface area contributed by atoms with Crippen LogP contribution in [0.3, 0.4) is 0 Å². The lowest BCUT2D eigenvalue weighted by atomic mass is 9.73. The van der Waals surface area contributed by atoms with E-state index in [0.29, 0.717) is 18.3 Å². The van der Waals surface area contributed by atoms with Gasteiger partial charge in [-0.3, -0.25) is 14.7 Å². The molecule has 0 N–H and O–H groups in total. The number of rotatable bonds is 11. The number of hydrogen-bond acceptors (Lipinski definition) is 8. The lowest BCUT2D eigenvalue weighted by Crippen LogP contribution is -2.55. The van der Waals surface area contributed by atoms with E-state index in [2.05, 4.69) is 22.5 Å². The fourth-order valence-electron chi connectivity index (χ4n) is 6.12. The Kier molecular flexibility index (Phi) is 8.73. The maximum Gasteiger partial charge on any atom is 0.331 e. The Morgan fingerprint density at radius 3 is 2.68 bits per heavy atom. The lowest BCUT2D eigenvalue weighted by molar-refractivity contribution is -0.178. The van der Waals surface area contributed by atoms with Gasteiger partial charge in [-0.15, -0.1) is 6.58 Å². The zero-order chi connectivity index (χ0) is 27.4. The number of fused-ring (bicyclic) bond motifs is 4. The first-order valence-electron chi connectivity index (χ1n) is 13.4. The van der Waals surface area contributed by atoms with Crippen molar-refractivity contribution in [2.24, 2.45) is 17.8 Å². The summed E-state index contributed by atoms with van der Waals surface area (Å²) < 4.78 is 22.5. The van der Waals surface area contributed by atoms with E-state index in [1.165, 1.54) is 7.11 Å². The van der Waals surface area contributed by atoms with Gasteiger partial charge in [0.1, 0.15) is 18.5 Å². The summed E-state index contributed by atoms with van der Waals surface area (Å²) in [6, 6.07) is 7.75. The van der Waals surface area contributed by atoms with Crippen LogP contribution in [0.1, 0.15) is 51.7 Å². The fraction of sp³-hybridized carbons (Fsp3) is 0.567. The van der Waals surface area contributed by atoms with Gasteiger partial charge in [0.25, 0.3) is 0 Å². The third-order valence-electron chi connectivity index (χ3n) is 8.36. The predicted octanol–water partition coefficient (Wildman–Crippen LogP) is 4.72. The normalized spacial score (nSPS) is 24.4. The predicted molar refractivity (Wildman–Crippen MR) is 145 cm³/mol. The van der Waals surface area contributed by atoms with Crippen LogP contribution < -0.4 is 4.74 Å². The van der Waals surface area contributed by atoms with Gasteiger partial charge < -0.3 is 18.9 Å². The average Bonchev–Trinajstić information content (AvgIpc) is 2.94. The number of aromatic nitrogens is 1. The van der Waals surface area contributed by atoms with Gasteiger partial charge in [0.2, 0.25) is 0 Å². The molecule has 3 aliphatic rings. The molecule has 3 aliphatic heterocycles. The highest BCUT2D eigenvalue weighted by molar-refractivity contribution is 5.84. The quantitative estimate of drug-likeness (QED) is 0.308. The van der Waals surface area contributed by atoms with E-state index in [4.69, 9.17) is 18.9 Å². The van der Waals surface area contributed by atoms with Crippen molar-refractivity contribution in [2.45, 2.75) is 57.8 Å². The SMILES string of the molecule is C=C[C@H]1CN2CC[C@H]1C[C@H]2[C@H](OC(=O)C(CC)C(C)(C)OCC(=O)OC)c1ccnc2ccc(OC)cc12. The smallest absolute Gasteiger partial charge is 0.331 e. The molecular formula is C30H40N2O6. The molecule has 0 amide bonds. The molecule has 8 nitrogen and oxygen atoms in total. The van der Waals surface area contributed by atoms with Crippen LogP contribution in [0.15, 0.2) is 43.1 Å². The zero-order valence-electron chi connectivity index (χ0n) is 23.1. The van der Waals surface area contributed by atoms with Crippen LogP contribution in [0.2, 0.25) is 0 Å². The number of piperidine rings is 3. The molecule has 3 fully saturated rings. The van der Waals surface area contributed by atoms with Crippen LogP contribution >= 0.6 is 0 Å². The molecule has 2 unspecified atom stereocenters. The van der Waals surface area contributed by atoms with Crippen LogP contribution in [-0.4, -0.2) is 67.4 Å². The summed E-state index contributed by atoms with van der Waals surface area (Å²) in [5.41, 5.74) is 0.810. The number of hydrogen-bond donors (Lipinski definition) is 0. The maximum absolute atomic E-state index is 13.9. The third-order valence-corrected chi connectivity index (χ3v) is 8.36. The molecular weight excluding hydrogens is 484 g/mol. The van der Waals surface area contributed by atoms with E-state index >= 15 is 0 Å². The molecule has 4 heterocycles. The molecule has 8 heteroatoms. The van der Waals surface area contributed by atoms with Crippen LogP contribution in [0.4, 0.5) is 0 Å². The fourth-order valence-corrected chi connectivity index (χ4v) is 6.12. The van der Waals surface area contributed by atoms with Crippen molar-refractivity contribution in [3.63, 3.8) is 0 Å². The van der Waals surface area contributed by atoms with Crippen molar-refractivity contribution in [1.82, 2.24) is 9.88 Å². The minimum atomic E-state index is -0.923. The number of methoxy groups -OCH3 is 2. The molecule has 5 rings (SSSR count). The first-order chi connectivity index (χ1) is 18.2. The van der Waals surface area contributed by atoms with Gasteiger partial charge >= 0.3 is 11.9 Å². The topological polar surface area (TPSA) is 87.2 Å². The van der Waals surface area contributed by atoms with Crippen molar-refractivity contribution in [2.75, 3.05) is 33.9 Å². The van der Waals surface area contributed by atoms with Crippen LogP contribution in [-0.2, 0) is 23.8 Å². The summed E-state index contributed by atoms with van der Waals surface area (Å²) in [5.74, 6) is 0.266. The molecule has 1 aromatic heterocycles. The number of carbonyl (C=O) groups is 2. The van der Waals surface area contributed by atoms with Gasteiger partial charge in [0.15, 0.2) is 0 Å². The summed E-state index contributed by atoms with van der Waals surface area (Å²) in [6.07, 6.45) is 5.87. The van der Waals surface area contributed by atoms with Crippen molar-refractivity contribution in [1.29, 1.82) is 0 Å². The second-order valence-corrected chi connectivity index (χ2v) is 10.8. The molecule has 2 bridgehead atoms. The third kappa shape index (κ3) is 5.71. The molecule has 38 heavy (non-hydrogen) atoms. The number of esters is 2. The van der Waals surface area contributed by atoms with Crippen LogP contribution in [0, 0.1) is 17.8 Å². The number of nitrogens with zero attached hydrogens (tertiary/aromatic N) is 2.